The van der Waals surface area contributed by atoms with Crippen molar-refractivity contribution in [1.29, 1.82) is 0 Å². The molecule has 0 aromatic carbocycles. The van der Waals surface area contributed by atoms with Gasteiger partial charge in [-0.1, -0.05) is 104 Å². The van der Waals surface area contributed by atoms with E-state index in [4.69, 9.17) is 0 Å². The minimum atomic E-state index is -1.79. The molecule has 0 spiro atoms. The molecule has 0 rings (SSSR count). The van der Waals surface area contributed by atoms with Crippen molar-refractivity contribution in [2.75, 3.05) is 0 Å². The number of unbranched alkanes of at least 4 members (excludes halogenated alkanes) is 13. The third-order valence-electron chi connectivity index (χ3n) is 3.35. The molecule has 0 aromatic heterocycles. The van der Waals surface area contributed by atoms with Gasteiger partial charge in [-0.3, -0.25) is 0 Å². The average Bonchev–Trinajstić information content (AvgIpc) is 2.39. The molecule has 0 aromatic rings. The Hall–Kier alpha value is 0.599. The van der Waals surface area contributed by atoms with E-state index in [0.717, 1.165) is 6.42 Å². The minimum absolute atomic E-state index is 1.12. The molecule has 0 bridgehead atoms. The van der Waals surface area contributed by atoms with E-state index in [2.05, 4.69) is 13.8 Å². The maximum atomic E-state index is 9.72. The van der Waals surface area contributed by atoms with Crippen molar-refractivity contribution in [3.05, 3.63) is 6.92 Å². The molecule has 20 heavy (non-hydrogen) atoms. The van der Waals surface area contributed by atoms with Gasteiger partial charge in [-0.25, -0.2) is 0 Å². The molecule has 0 unspecified atom stereocenters. The van der Waals surface area contributed by atoms with Gasteiger partial charge in [0.25, 0.3) is 0 Å². The van der Waals surface area contributed by atoms with E-state index in [-0.39, 0.29) is 0 Å². The third-order valence-corrected chi connectivity index (χ3v) is 3.35. The summed E-state index contributed by atoms with van der Waals surface area (Å²) in [6.07, 6.45) is 19.8. The number of rotatable bonds is 13. The van der Waals surface area contributed by atoms with Gasteiger partial charge in [-0.05, 0) is 0 Å². The summed E-state index contributed by atoms with van der Waals surface area (Å²) in [6, 6.07) is 0. The molecule has 0 aliphatic rings. The Morgan fingerprint density at radius 1 is 0.650 bits per heavy atom. The Morgan fingerprint density at radius 3 is 1.15 bits per heavy atom. The normalized spacial score (nSPS) is 10.0. The van der Waals surface area contributed by atoms with Crippen molar-refractivity contribution in [1.82, 2.24) is 0 Å². The van der Waals surface area contributed by atoms with Crippen molar-refractivity contribution >= 4 is 19.7 Å². The fraction of sp³-hybridized carbons (Fsp3) is 0.944. The van der Waals surface area contributed by atoms with Crippen molar-refractivity contribution < 1.29 is 3.08 Å². The van der Waals surface area contributed by atoms with Crippen molar-refractivity contribution in [2.24, 2.45) is 0 Å². The van der Waals surface area contributed by atoms with Gasteiger partial charge in [0, 0.05) is 0 Å². The molecule has 121 valence electrons. The van der Waals surface area contributed by atoms with Crippen LogP contribution in [0.5, 0.6) is 0 Å². The van der Waals surface area contributed by atoms with Crippen LogP contribution >= 0.6 is 0 Å². The second-order valence-electron chi connectivity index (χ2n) is 6.00. The number of hydrogen-bond donors (Lipinski definition) is 0. The molecule has 0 amide bonds. The molecular formula is C18H39OSn. The second kappa shape index (κ2) is 21.9. The fourth-order valence-corrected chi connectivity index (χ4v) is 2.19. The molecule has 0 aliphatic carbocycles. The van der Waals surface area contributed by atoms with E-state index < -0.39 is 19.7 Å². The number of hydrogen-bond acceptors (Lipinski definition) is 1. The van der Waals surface area contributed by atoms with Gasteiger partial charge in [0.1, 0.15) is 0 Å². The molecule has 2 heteroatoms. The zero-order chi connectivity index (χ0) is 15.5. The quantitative estimate of drug-likeness (QED) is 0.245. The van der Waals surface area contributed by atoms with Crippen LogP contribution in [0.4, 0.5) is 0 Å². The zero-order valence-corrected chi connectivity index (χ0v) is 17.4. The Morgan fingerprint density at radius 2 is 0.900 bits per heavy atom. The Balaban J connectivity index is 0. The molecule has 1 radical (unpaired) electrons. The van der Waals surface area contributed by atoms with Crippen molar-refractivity contribution in [2.45, 2.75) is 107 Å². The first kappa shape index (κ1) is 22.9. The first-order valence-electron chi connectivity index (χ1n) is 8.91. The predicted molar refractivity (Wildman–Crippen MR) is 93.8 cm³/mol. The van der Waals surface area contributed by atoms with Gasteiger partial charge < -0.3 is 0 Å². The Kier molecular flexibility index (Phi) is 25.0. The Labute approximate surface area is 136 Å². The molecule has 0 fully saturated rings. The van der Waals surface area contributed by atoms with Crippen LogP contribution < -0.4 is 0 Å². The van der Waals surface area contributed by atoms with Gasteiger partial charge >= 0.3 is 32.7 Å². The van der Waals surface area contributed by atoms with E-state index in [1.165, 1.54) is 83.5 Å². The van der Waals surface area contributed by atoms with Gasteiger partial charge in [0.15, 0.2) is 0 Å². The molecule has 0 saturated heterocycles. The van der Waals surface area contributed by atoms with Crippen LogP contribution in [0.3, 0.4) is 0 Å². The van der Waals surface area contributed by atoms with Crippen LogP contribution in [-0.4, -0.2) is 19.7 Å². The van der Waals surface area contributed by atoms with Gasteiger partial charge in [0.05, 0.1) is 0 Å². The predicted octanol–water partition coefficient (Wildman–Crippen LogP) is 6.97. The van der Waals surface area contributed by atoms with Gasteiger partial charge in [0.2, 0.25) is 0 Å². The SMILES string of the molecule is [CH2]CCCCCCCCCCCCCCC.[CH3][Sn]([CH3])=[O]. The van der Waals surface area contributed by atoms with E-state index in [1.54, 1.807) is 0 Å². The monoisotopic (exact) mass is 391 g/mol. The van der Waals surface area contributed by atoms with Gasteiger partial charge in [-0.15, -0.1) is 0 Å². The van der Waals surface area contributed by atoms with E-state index in [9.17, 15) is 3.08 Å². The van der Waals surface area contributed by atoms with Crippen molar-refractivity contribution in [3.63, 3.8) is 0 Å². The summed E-state index contributed by atoms with van der Waals surface area (Å²) in [5, 5.41) is 0. The zero-order valence-electron chi connectivity index (χ0n) is 14.5. The Bertz CT molecular complexity index is 162. The summed E-state index contributed by atoms with van der Waals surface area (Å²) in [6.45, 7) is 6.16. The van der Waals surface area contributed by atoms with Crippen LogP contribution in [0.2, 0.25) is 9.88 Å². The first-order chi connectivity index (χ1) is 9.65. The summed E-state index contributed by atoms with van der Waals surface area (Å²) >= 11 is -1.79. The molecule has 0 N–H and O–H groups in total. The summed E-state index contributed by atoms with van der Waals surface area (Å²) < 4.78 is 9.72. The average molecular weight is 390 g/mol. The molecule has 1 nitrogen and oxygen atoms in total. The third kappa shape index (κ3) is 31.1. The first-order valence-corrected chi connectivity index (χ1v) is 15.8. The molecule has 0 aliphatic heterocycles. The summed E-state index contributed by atoms with van der Waals surface area (Å²) in [4.78, 5) is 3.62. The van der Waals surface area contributed by atoms with E-state index in [1.807, 2.05) is 9.88 Å². The van der Waals surface area contributed by atoms with E-state index in [0.29, 0.717) is 0 Å². The van der Waals surface area contributed by atoms with Gasteiger partial charge in [-0.2, -0.15) is 0 Å². The van der Waals surface area contributed by atoms with Crippen LogP contribution in [0, 0.1) is 6.92 Å². The standard InChI is InChI=1S/C16H33.2CH3.O.Sn/c1-3-5-7-9-11-13-15-16-14-12-10-8-6-4-2;;;;/h1,3-16H2,2H3;2*1H3;;. The summed E-state index contributed by atoms with van der Waals surface area (Å²) in [5.74, 6) is 0. The van der Waals surface area contributed by atoms with Crippen LogP contribution in [0.1, 0.15) is 96.8 Å². The molecule has 0 saturated carbocycles. The topological polar surface area (TPSA) is 17.1 Å². The summed E-state index contributed by atoms with van der Waals surface area (Å²) in [7, 11) is 0. The second-order valence-corrected chi connectivity index (χ2v) is 11.2. The van der Waals surface area contributed by atoms with Crippen molar-refractivity contribution in [3.8, 4) is 0 Å². The summed E-state index contributed by atoms with van der Waals surface area (Å²) in [5.41, 5.74) is 0. The van der Waals surface area contributed by atoms with Crippen LogP contribution in [-0.2, 0) is 3.08 Å². The fourth-order valence-electron chi connectivity index (χ4n) is 2.19. The van der Waals surface area contributed by atoms with E-state index >= 15 is 0 Å². The molecular weight excluding hydrogens is 351 g/mol. The molecule has 0 heterocycles. The maximum absolute atomic E-state index is 9.72. The van der Waals surface area contributed by atoms with Crippen LogP contribution in [0.25, 0.3) is 0 Å². The molecule has 0 atom stereocenters. The van der Waals surface area contributed by atoms with Crippen LogP contribution in [0.15, 0.2) is 0 Å².